The van der Waals surface area contributed by atoms with Crippen LogP contribution in [0.5, 0.6) is 0 Å². The molecule has 2 amide bonds. The van der Waals surface area contributed by atoms with Gasteiger partial charge in [0.05, 0.1) is 11.7 Å². The molecule has 3 aromatic rings. The molecule has 1 aliphatic rings. The van der Waals surface area contributed by atoms with Crippen LogP contribution in [0.4, 0.5) is 4.39 Å². The highest BCUT2D eigenvalue weighted by molar-refractivity contribution is 6.30. The van der Waals surface area contributed by atoms with Crippen LogP contribution in [0.2, 0.25) is 5.02 Å². The van der Waals surface area contributed by atoms with E-state index in [0.29, 0.717) is 40.8 Å². The first-order chi connectivity index (χ1) is 14.9. The van der Waals surface area contributed by atoms with Crippen molar-refractivity contribution in [2.75, 3.05) is 0 Å². The normalized spacial score (nSPS) is 14.9. The van der Waals surface area contributed by atoms with Gasteiger partial charge in [0.1, 0.15) is 11.5 Å². The zero-order valence-corrected chi connectivity index (χ0v) is 17.6. The summed E-state index contributed by atoms with van der Waals surface area (Å²) < 4.78 is 14.5. The Morgan fingerprint density at radius 3 is 2.71 bits per heavy atom. The molecule has 31 heavy (non-hydrogen) atoms. The third-order valence-electron chi connectivity index (χ3n) is 5.57. The van der Waals surface area contributed by atoms with Gasteiger partial charge in [-0.2, -0.15) is 0 Å². The molecule has 0 saturated heterocycles. The lowest BCUT2D eigenvalue weighted by molar-refractivity contribution is 0.0648. The predicted octanol–water partition coefficient (Wildman–Crippen LogP) is 4.01. The van der Waals surface area contributed by atoms with Gasteiger partial charge in [-0.1, -0.05) is 29.8 Å². The van der Waals surface area contributed by atoms with Crippen molar-refractivity contribution in [1.82, 2.24) is 14.9 Å². The first-order valence-electron chi connectivity index (χ1n) is 9.81. The van der Waals surface area contributed by atoms with Crippen LogP contribution < -0.4 is 5.73 Å². The van der Waals surface area contributed by atoms with Gasteiger partial charge in [-0.05, 0) is 54.7 Å². The van der Waals surface area contributed by atoms with Gasteiger partial charge in [0.25, 0.3) is 5.91 Å². The number of hydrogen-bond donors (Lipinski definition) is 1. The van der Waals surface area contributed by atoms with Gasteiger partial charge in [-0.25, -0.2) is 9.37 Å². The third kappa shape index (κ3) is 4.01. The molecule has 1 atom stereocenters. The molecular formula is C23H20ClFN4O2. The van der Waals surface area contributed by atoms with Crippen LogP contribution in [0, 0.1) is 12.7 Å². The zero-order chi connectivity index (χ0) is 22.1. The molecule has 0 unspecified atom stereocenters. The van der Waals surface area contributed by atoms with Gasteiger partial charge in [0, 0.05) is 29.5 Å². The van der Waals surface area contributed by atoms with Gasteiger partial charge in [-0.3, -0.25) is 14.6 Å². The Bertz CT molecular complexity index is 1180. The van der Waals surface area contributed by atoms with Crippen LogP contribution in [-0.4, -0.2) is 26.7 Å². The number of halogens is 2. The molecule has 1 heterocycles. The topological polar surface area (TPSA) is 89.2 Å². The van der Waals surface area contributed by atoms with Gasteiger partial charge in [-0.15, -0.1) is 0 Å². The largest absolute Gasteiger partial charge is 0.366 e. The summed E-state index contributed by atoms with van der Waals surface area (Å²) in [6.07, 6.45) is 3.97. The lowest BCUT2D eigenvalue weighted by Crippen LogP contribution is -2.35. The fraction of sp³-hybridized carbons (Fsp3) is 0.217. The van der Waals surface area contributed by atoms with E-state index in [2.05, 4.69) is 9.97 Å². The van der Waals surface area contributed by atoms with E-state index in [1.807, 2.05) is 0 Å². The molecule has 1 aliphatic carbocycles. The summed E-state index contributed by atoms with van der Waals surface area (Å²) in [5.41, 5.74) is 8.36. The first kappa shape index (κ1) is 20.9. The second kappa shape index (κ2) is 8.43. The number of aromatic nitrogens is 2. The minimum Gasteiger partial charge on any atom is -0.366 e. The number of rotatable bonds is 5. The summed E-state index contributed by atoms with van der Waals surface area (Å²) in [5, 5.41) is 0.267. The van der Waals surface area contributed by atoms with Crippen molar-refractivity contribution in [3.8, 4) is 0 Å². The summed E-state index contributed by atoms with van der Waals surface area (Å²) in [6.45, 7) is 1.81. The van der Waals surface area contributed by atoms with E-state index in [4.69, 9.17) is 17.3 Å². The molecule has 0 aliphatic heterocycles. The van der Waals surface area contributed by atoms with Crippen LogP contribution in [0.15, 0.2) is 48.8 Å². The first-order valence-corrected chi connectivity index (χ1v) is 10.2. The van der Waals surface area contributed by atoms with Gasteiger partial charge < -0.3 is 10.6 Å². The van der Waals surface area contributed by atoms with Gasteiger partial charge >= 0.3 is 0 Å². The Balaban J connectivity index is 1.81. The fourth-order valence-electron chi connectivity index (χ4n) is 4.10. The molecule has 6 nitrogen and oxygen atoms in total. The molecule has 1 aromatic heterocycles. The molecule has 0 radical (unpaired) electrons. The molecule has 2 aromatic carbocycles. The highest BCUT2D eigenvalue weighted by Crippen LogP contribution is 2.40. The average molecular weight is 439 g/mol. The van der Waals surface area contributed by atoms with Gasteiger partial charge in [0.2, 0.25) is 5.91 Å². The van der Waals surface area contributed by atoms with Crippen LogP contribution in [0.3, 0.4) is 0 Å². The Labute approximate surface area is 183 Å². The number of aryl methyl sites for hydroxylation is 1. The van der Waals surface area contributed by atoms with Crippen molar-refractivity contribution in [3.63, 3.8) is 0 Å². The van der Waals surface area contributed by atoms with Crippen LogP contribution in [0.1, 0.15) is 55.7 Å². The molecule has 0 fully saturated rings. The maximum atomic E-state index is 14.5. The van der Waals surface area contributed by atoms with Gasteiger partial charge in [0.15, 0.2) is 0 Å². The molecule has 0 spiro atoms. The van der Waals surface area contributed by atoms with E-state index in [0.717, 1.165) is 0 Å². The smallest absolute Gasteiger partial charge is 0.275 e. The van der Waals surface area contributed by atoms with E-state index in [1.54, 1.807) is 42.2 Å². The number of nitrogens with two attached hydrogens (primary N) is 1. The quantitative estimate of drug-likeness (QED) is 0.651. The average Bonchev–Trinajstić information content (AvgIpc) is 3.16. The summed E-state index contributed by atoms with van der Waals surface area (Å²) in [7, 11) is 0. The van der Waals surface area contributed by atoms with Crippen LogP contribution in [-0.2, 0) is 13.0 Å². The Morgan fingerprint density at radius 2 is 1.97 bits per heavy atom. The third-order valence-corrected chi connectivity index (χ3v) is 5.78. The maximum absolute atomic E-state index is 14.5. The summed E-state index contributed by atoms with van der Waals surface area (Å²) >= 11 is 6.12. The SMILES string of the molecule is Cc1nccnc1C(=O)N(Cc1ccccc1C(N)=O)[C@@H]1CCc2c(F)cc(Cl)cc21. The minimum absolute atomic E-state index is 0.103. The molecule has 0 bridgehead atoms. The van der Waals surface area contributed by atoms with Crippen LogP contribution in [0.25, 0.3) is 0 Å². The van der Waals surface area contributed by atoms with Crippen molar-refractivity contribution in [2.24, 2.45) is 5.73 Å². The summed E-state index contributed by atoms with van der Waals surface area (Å²) in [6, 6.07) is 9.40. The minimum atomic E-state index is -0.584. The Morgan fingerprint density at radius 1 is 1.23 bits per heavy atom. The van der Waals surface area contributed by atoms with Crippen molar-refractivity contribution >= 4 is 23.4 Å². The molecule has 0 saturated carbocycles. The highest BCUT2D eigenvalue weighted by atomic mass is 35.5. The van der Waals surface area contributed by atoms with Crippen LogP contribution >= 0.6 is 11.6 Å². The van der Waals surface area contributed by atoms with E-state index < -0.39 is 11.9 Å². The Kier molecular flexibility index (Phi) is 5.69. The van der Waals surface area contributed by atoms with E-state index >= 15 is 0 Å². The number of amides is 2. The monoisotopic (exact) mass is 438 g/mol. The summed E-state index contributed by atoms with van der Waals surface area (Å²) in [5.74, 6) is -1.33. The van der Waals surface area contributed by atoms with E-state index in [-0.39, 0.29) is 29.0 Å². The second-order valence-corrected chi connectivity index (χ2v) is 7.89. The molecule has 8 heteroatoms. The Hall–Kier alpha value is -3.32. The van der Waals surface area contributed by atoms with E-state index in [1.165, 1.54) is 18.5 Å². The summed E-state index contributed by atoms with van der Waals surface area (Å²) in [4.78, 5) is 35.5. The number of benzene rings is 2. The lowest BCUT2D eigenvalue weighted by atomic mass is 10.0. The standard InChI is InChI=1S/C23H20ClFN4O2/c1-13-21(28-9-8-27-13)23(31)29(12-14-4-2-3-5-16(14)22(26)30)20-7-6-17-18(20)10-15(24)11-19(17)25/h2-5,8-11,20H,6-7,12H2,1H3,(H2,26,30)/t20-/m1/s1. The number of carbonyl (C=O) groups excluding carboxylic acids is 2. The number of primary amides is 1. The lowest BCUT2D eigenvalue weighted by Gasteiger charge is -2.30. The number of hydrogen-bond acceptors (Lipinski definition) is 4. The number of carbonyl (C=O) groups is 2. The number of fused-ring (bicyclic) bond motifs is 1. The van der Waals surface area contributed by atoms with Crippen molar-refractivity contribution in [2.45, 2.75) is 32.4 Å². The second-order valence-electron chi connectivity index (χ2n) is 7.45. The molecular weight excluding hydrogens is 419 g/mol. The van der Waals surface area contributed by atoms with Crippen molar-refractivity contribution < 1.29 is 14.0 Å². The van der Waals surface area contributed by atoms with E-state index in [9.17, 15) is 14.0 Å². The van der Waals surface area contributed by atoms with Crippen molar-refractivity contribution in [3.05, 3.63) is 93.3 Å². The maximum Gasteiger partial charge on any atom is 0.275 e. The zero-order valence-electron chi connectivity index (χ0n) is 16.8. The fourth-order valence-corrected chi connectivity index (χ4v) is 4.32. The molecule has 158 valence electrons. The van der Waals surface area contributed by atoms with Crippen molar-refractivity contribution in [1.29, 1.82) is 0 Å². The predicted molar refractivity (Wildman–Crippen MR) is 114 cm³/mol. The highest BCUT2D eigenvalue weighted by Gasteiger charge is 2.35. The number of nitrogens with zero attached hydrogens (tertiary/aromatic N) is 3. The molecule has 4 rings (SSSR count). The molecule has 2 N–H and O–H groups in total.